The third-order valence-corrected chi connectivity index (χ3v) is 6.59. The number of nitrogens with zero attached hydrogens (tertiary/aromatic N) is 5. The molecule has 0 saturated carbocycles. The molecule has 0 radical (unpaired) electrons. The van der Waals surface area contributed by atoms with Gasteiger partial charge >= 0.3 is 0 Å². The van der Waals surface area contributed by atoms with E-state index in [1.807, 2.05) is 54.2 Å². The molecule has 1 aliphatic rings. The fourth-order valence-corrected chi connectivity index (χ4v) is 4.72. The van der Waals surface area contributed by atoms with Gasteiger partial charge in [-0.15, -0.1) is 10.2 Å². The van der Waals surface area contributed by atoms with Gasteiger partial charge in [-0.2, -0.15) is 4.31 Å². The summed E-state index contributed by atoms with van der Waals surface area (Å²) >= 11 is 0. The molecule has 1 fully saturated rings. The van der Waals surface area contributed by atoms with Crippen LogP contribution in [0.2, 0.25) is 0 Å². The van der Waals surface area contributed by atoms with Crippen LogP contribution < -0.4 is 4.90 Å². The number of hydrogen-bond donors (Lipinski definition) is 0. The van der Waals surface area contributed by atoms with Gasteiger partial charge in [0.2, 0.25) is 10.0 Å². The van der Waals surface area contributed by atoms with E-state index in [1.165, 1.54) is 0 Å². The van der Waals surface area contributed by atoms with Crippen LogP contribution in [0.15, 0.2) is 65.8 Å². The van der Waals surface area contributed by atoms with Gasteiger partial charge in [0.1, 0.15) is 0 Å². The molecule has 0 atom stereocenters. The molecule has 4 rings (SSSR count). The van der Waals surface area contributed by atoms with E-state index >= 15 is 0 Å². The minimum Gasteiger partial charge on any atom is -0.352 e. The molecule has 1 saturated heterocycles. The van der Waals surface area contributed by atoms with Crippen LogP contribution in [-0.2, 0) is 10.0 Å². The SMILES string of the molecule is Cc1cccc(S(=O)(=O)N2CCN(c3ccc(-n4cccc4)nn3)CC2)c1. The molecule has 140 valence electrons. The first kappa shape index (κ1) is 17.7. The second-order valence-corrected chi connectivity index (χ2v) is 8.49. The molecule has 0 aliphatic carbocycles. The highest BCUT2D eigenvalue weighted by Crippen LogP contribution is 2.21. The maximum atomic E-state index is 12.8. The fourth-order valence-electron chi connectivity index (χ4n) is 3.19. The quantitative estimate of drug-likeness (QED) is 0.690. The first-order valence-electron chi connectivity index (χ1n) is 8.83. The van der Waals surface area contributed by atoms with Crippen molar-refractivity contribution in [2.45, 2.75) is 11.8 Å². The Morgan fingerprint density at radius 1 is 0.852 bits per heavy atom. The maximum absolute atomic E-state index is 12.8. The van der Waals surface area contributed by atoms with E-state index in [0.717, 1.165) is 17.2 Å². The molecule has 27 heavy (non-hydrogen) atoms. The van der Waals surface area contributed by atoms with Gasteiger partial charge in [-0.25, -0.2) is 8.42 Å². The minimum atomic E-state index is -3.46. The van der Waals surface area contributed by atoms with Crippen LogP contribution in [-0.4, -0.2) is 53.7 Å². The third kappa shape index (κ3) is 3.58. The monoisotopic (exact) mass is 383 g/mol. The van der Waals surface area contributed by atoms with Crippen molar-refractivity contribution in [3.63, 3.8) is 0 Å². The lowest BCUT2D eigenvalue weighted by Crippen LogP contribution is -2.49. The summed E-state index contributed by atoms with van der Waals surface area (Å²) in [5.41, 5.74) is 0.938. The number of hydrogen-bond acceptors (Lipinski definition) is 5. The summed E-state index contributed by atoms with van der Waals surface area (Å²) in [6.07, 6.45) is 3.83. The molecule has 0 spiro atoms. The fraction of sp³-hybridized carbons (Fsp3) is 0.263. The van der Waals surface area contributed by atoms with Crippen molar-refractivity contribution in [1.29, 1.82) is 0 Å². The van der Waals surface area contributed by atoms with E-state index < -0.39 is 10.0 Å². The number of piperazine rings is 1. The summed E-state index contributed by atoms with van der Waals surface area (Å²) in [6.45, 7) is 3.92. The van der Waals surface area contributed by atoms with Crippen molar-refractivity contribution in [3.05, 3.63) is 66.5 Å². The van der Waals surface area contributed by atoms with Crippen LogP contribution in [0.4, 0.5) is 5.82 Å². The van der Waals surface area contributed by atoms with E-state index in [4.69, 9.17) is 0 Å². The average molecular weight is 383 g/mol. The molecule has 8 heteroatoms. The smallest absolute Gasteiger partial charge is 0.243 e. The molecule has 0 amide bonds. The van der Waals surface area contributed by atoms with Gasteiger partial charge in [0.25, 0.3) is 0 Å². The Morgan fingerprint density at radius 2 is 1.52 bits per heavy atom. The molecule has 1 aliphatic heterocycles. The molecule has 0 unspecified atom stereocenters. The van der Waals surface area contributed by atoms with Crippen LogP contribution in [0.1, 0.15) is 5.56 Å². The van der Waals surface area contributed by atoms with Crippen molar-refractivity contribution >= 4 is 15.8 Å². The molecule has 2 aromatic heterocycles. The largest absolute Gasteiger partial charge is 0.352 e. The predicted octanol–water partition coefficient (Wildman–Crippen LogP) is 2.09. The van der Waals surface area contributed by atoms with E-state index in [-0.39, 0.29) is 0 Å². The van der Waals surface area contributed by atoms with Crippen molar-refractivity contribution < 1.29 is 8.42 Å². The zero-order chi connectivity index (χ0) is 18.9. The highest BCUT2D eigenvalue weighted by Gasteiger charge is 2.29. The molecule has 3 heterocycles. The van der Waals surface area contributed by atoms with Gasteiger partial charge in [0.05, 0.1) is 4.90 Å². The number of anilines is 1. The normalized spacial score (nSPS) is 15.8. The van der Waals surface area contributed by atoms with E-state index in [1.54, 1.807) is 22.5 Å². The zero-order valence-electron chi connectivity index (χ0n) is 15.1. The third-order valence-electron chi connectivity index (χ3n) is 4.70. The number of aryl methyl sites for hydroxylation is 1. The summed E-state index contributed by atoms with van der Waals surface area (Å²) in [7, 11) is -3.46. The summed E-state index contributed by atoms with van der Waals surface area (Å²) in [4.78, 5) is 2.42. The molecular weight excluding hydrogens is 362 g/mol. The van der Waals surface area contributed by atoms with Gasteiger partial charge in [-0.05, 0) is 48.9 Å². The van der Waals surface area contributed by atoms with Crippen molar-refractivity contribution in [2.24, 2.45) is 0 Å². The summed E-state index contributed by atoms with van der Waals surface area (Å²) in [6, 6.07) is 14.7. The van der Waals surface area contributed by atoms with Crippen molar-refractivity contribution in [2.75, 3.05) is 31.1 Å². The van der Waals surface area contributed by atoms with Crippen LogP contribution >= 0.6 is 0 Å². The Balaban J connectivity index is 1.44. The minimum absolute atomic E-state index is 0.354. The highest BCUT2D eigenvalue weighted by atomic mass is 32.2. The number of rotatable bonds is 4. The lowest BCUT2D eigenvalue weighted by Gasteiger charge is -2.34. The molecule has 3 aromatic rings. The van der Waals surface area contributed by atoms with Crippen LogP contribution in [0.5, 0.6) is 0 Å². The second-order valence-electron chi connectivity index (χ2n) is 6.55. The second kappa shape index (κ2) is 7.13. The summed E-state index contributed by atoms with van der Waals surface area (Å²) in [5.74, 6) is 1.52. The van der Waals surface area contributed by atoms with Gasteiger partial charge in [0.15, 0.2) is 11.6 Å². The number of aromatic nitrogens is 3. The first-order chi connectivity index (χ1) is 13.0. The van der Waals surface area contributed by atoms with Gasteiger partial charge in [0, 0.05) is 38.6 Å². The van der Waals surface area contributed by atoms with Gasteiger partial charge in [-0.3, -0.25) is 0 Å². The van der Waals surface area contributed by atoms with Gasteiger partial charge < -0.3 is 9.47 Å². The number of sulfonamides is 1. The van der Waals surface area contributed by atoms with Crippen LogP contribution in [0.3, 0.4) is 0 Å². The topological polar surface area (TPSA) is 71.3 Å². The zero-order valence-corrected chi connectivity index (χ0v) is 15.9. The lowest BCUT2D eigenvalue weighted by molar-refractivity contribution is 0.383. The molecular formula is C19H21N5O2S. The Morgan fingerprint density at radius 3 is 2.15 bits per heavy atom. The number of benzene rings is 1. The first-order valence-corrected chi connectivity index (χ1v) is 10.3. The Labute approximate surface area is 158 Å². The maximum Gasteiger partial charge on any atom is 0.243 e. The van der Waals surface area contributed by atoms with E-state index in [0.29, 0.717) is 31.1 Å². The van der Waals surface area contributed by atoms with Crippen LogP contribution in [0, 0.1) is 6.92 Å². The molecule has 0 N–H and O–H groups in total. The van der Waals surface area contributed by atoms with E-state index in [9.17, 15) is 8.42 Å². The predicted molar refractivity (Wildman–Crippen MR) is 104 cm³/mol. The van der Waals surface area contributed by atoms with Gasteiger partial charge in [-0.1, -0.05) is 12.1 Å². The molecule has 7 nitrogen and oxygen atoms in total. The Hall–Kier alpha value is -2.71. The lowest BCUT2D eigenvalue weighted by atomic mass is 10.2. The Kier molecular flexibility index (Phi) is 4.67. The van der Waals surface area contributed by atoms with E-state index in [2.05, 4.69) is 15.1 Å². The Bertz CT molecular complexity index is 1010. The average Bonchev–Trinajstić information content (AvgIpc) is 3.23. The summed E-state index contributed by atoms with van der Waals surface area (Å²) in [5, 5.41) is 8.56. The molecule has 1 aromatic carbocycles. The standard InChI is InChI=1S/C19H21N5O2S/c1-16-5-4-6-17(15-16)27(25,26)24-13-11-23(12-14-24)19-8-7-18(20-21-19)22-9-2-3-10-22/h2-10,15H,11-14H2,1H3. The summed E-state index contributed by atoms with van der Waals surface area (Å²) < 4.78 is 29.1. The molecule has 0 bridgehead atoms. The highest BCUT2D eigenvalue weighted by molar-refractivity contribution is 7.89. The van der Waals surface area contributed by atoms with Crippen molar-refractivity contribution in [3.8, 4) is 5.82 Å². The van der Waals surface area contributed by atoms with Crippen LogP contribution in [0.25, 0.3) is 5.82 Å². The van der Waals surface area contributed by atoms with Crippen molar-refractivity contribution in [1.82, 2.24) is 19.1 Å².